The highest BCUT2D eigenvalue weighted by atomic mass is 32.2. The number of allylic oxidation sites excluding steroid dienone is 5. The lowest BCUT2D eigenvalue weighted by molar-refractivity contribution is -0.917. The standard InChI is InChI=1S/C27H43NO3S/c1-24(2)13-11-14-25(3)15-12-16-26(4)19-21-28(5,20-9-10-22-32(29,30)31)23-27-17-7-6-8-18-27/h6-8,13,15,17-19H,9-12,14,16,20-23H2,1-5H3/p+1/b25-15+,26-19+. The number of rotatable bonds is 15. The van der Waals surface area contributed by atoms with Gasteiger partial charge in [0.05, 0.1) is 25.9 Å². The van der Waals surface area contributed by atoms with Gasteiger partial charge in [0, 0.05) is 5.56 Å². The number of benzene rings is 1. The van der Waals surface area contributed by atoms with Crippen molar-refractivity contribution in [2.45, 2.75) is 72.8 Å². The maximum Gasteiger partial charge on any atom is 0.264 e. The van der Waals surface area contributed by atoms with E-state index in [1.807, 2.05) is 6.07 Å². The lowest BCUT2D eigenvalue weighted by atomic mass is 10.1. The normalized spacial score (nSPS) is 14.8. The molecule has 1 rings (SSSR count). The molecular weight excluding hydrogens is 418 g/mol. The van der Waals surface area contributed by atoms with E-state index in [0.717, 1.165) is 56.2 Å². The van der Waals surface area contributed by atoms with E-state index < -0.39 is 10.1 Å². The van der Waals surface area contributed by atoms with Crippen LogP contribution in [0.1, 0.15) is 71.8 Å². The Morgan fingerprint density at radius 3 is 2.09 bits per heavy atom. The van der Waals surface area contributed by atoms with Gasteiger partial charge in [-0.05, 0) is 72.3 Å². The molecule has 0 aliphatic heterocycles. The smallest absolute Gasteiger partial charge is 0.264 e. The van der Waals surface area contributed by atoms with Gasteiger partial charge in [-0.15, -0.1) is 0 Å². The summed E-state index contributed by atoms with van der Waals surface area (Å²) in [5.74, 6) is -0.160. The molecular formula is C27H44NO3S+. The lowest BCUT2D eigenvalue weighted by Crippen LogP contribution is -2.44. The number of likely N-dealkylation sites (N-methyl/N-ethyl adjacent to an activating group) is 1. The molecule has 0 radical (unpaired) electrons. The summed E-state index contributed by atoms with van der Waals surface area (Å²) in [7, 11) is -1.65. The van der Waals surface area contributed by atoms with Crippen molar-refractivity contribution in [1.82, 2.24) is 0 Å². The summed E-state index contributed by atoms with van der Waals surface area (Å²) < 4.78 is 31.9. The zero-order chi connectivity index (χ0) is 24.0. The third-order valence-electron chi connectivity index (χ3n) is 5.76. The highest BCUT2D eigenvalue weighted by Gasteiger charge is 2.21. The Morgan fingerprint density at radius 1 is 0.906 bits per heavy atom. The first kappa shape index (κ1) is 28.3. The van der Waals surface area contributed by atoms with E-state index in [9.17, 15) is 8.42 Å². The van der Waals surface area contributed by atoms with Crippen molar-refractivity contribution in [3.63, 3.8) is 0 Å². The molecule has 5 heteroatoms. The number of hydrogen-bond donors (Lipinski definition) is 1. The average Bonchev–Trinajstić information content (AvgIpc) is 2.70. The van der Waals surface area contributed by atoms with Gasteiger partial charge in [-0.2, -0.15) is 8.42 Å². The van der Waals surface area contributed by atoms with Crippen LogP contribution in [0.2, 0.25) is 0 Å². The van der Waals surface area contributed by atoms with E-state index in [2.05, 4.69) is 77.2 Å². The van der Waals surface area contributed by atoms with Gasteiger partial charge in [0.25, 0.3) is 10.1 Å². The molecule has 0 amide bonds. The molecule has 32 heavy (non-hydrogen) atoms. The van der Waals surface area contributed by atoms with Crippen molar-refractivity contribution in [2.75, 3.05) is 25.9 Å². The van der Waals surface area contributed by atoms with Crippen molar-refractivity contribution in [1.29, 1.82) is 0 Å². The van der Waals surface area contributed by atoms with Crippen LogP contribution >= 0.6 is 0 Å². The molecule has 1 unspecified atom stereocenters. The molecule has 1 N–H and O–H groups in total. The highest BCUT2D eigenvalue weighted by Crippen LogP contribution is 2.17. The summed E-state index contributed by atoms with van der Waals surface area (Å²) in [5, 5.41) is 0. The van der Waals surface area contributed by atoms with Crippen molar-refractivity contribution in [2.24, 2.45) is 0 Å². The lowest BCUT2D eigenvalue weighted by Gasteiger charge is -2.34. The SMILES string of the molecule is CC(C)=CCC/C(C)=C/CC/C(C)=C/C[N+](C)(CCCCS(=O)(=O)O)Cc1ccccc1. The fraction of sp³-hybridized carbons (Fsp3) is 0.556. The molecule has 4 nitrogen and oxygen atoms in total. The van der Waals surface area contributed by atoms with Crippen LogP contribution < -0.4 is 0 Å². The monoisotopic (exact) mass is 462 g/mol. The first-order valence-corrected chi connectivity index (χ1v) is 13.4. The van der Waals surface area contributed by atoms with E-state index in [1.54, 1.807) is 0 Å². The highest BCUT2D eigenvalue weighted by molar-refractivity contribution is 7.85. The van der Waals surface area contributed by atoms with Crippen LogP contribution in [-0.4, -0.2) is 43.3 Å². The summed E-state index contributed by atoms with van der Waals surface area (Å²) in [6, 6.07) is 10.4. The Labute approximate surface area is 197 Å². The molecule has 0 bridgehead atoms. The van der Waals surface area contributed by atoms with Gasteiger partial charge >= 0.3 is 0 Å². The van der Waals surface area contributed by atoms with Crippen molar-refractivity contribution >= 4 is 10.1 Å². The number of quaternary nitrogens is 1. The molecule has 0 heterocycles. The van der Waals surface area contributed by atoms with Crippen LogP contribution in [0.4, 0.5) is 0 Å². The van der Waals surface area contributed by atoms with Gasteiger partial charge < -0.3 is 4.48 Å². The minimum Gasteiger partial charge on any atom is -0.319 e. The minimum atomic E-state index is -3.88. The van der Waals surface area contributed by atoms with Crippen LogP contribution in [0.3, 0.4) is 0 Å². The maximum atomic E-state index is 11.0. The molecule has 1 aromatic rings. The molecule has 1 atom stereocenters. The zero-order valence-electron chi connectivity index (χ0n) is 20.8. The van der Waals surface area contributed by atoms with E-state index in [-0.39, 0.29) is 5.75 Å². The van der Waals surface area contributed by atoms with Gasteiger partial charge in [0.1, 0.15) is 6.54 Å². The van der Waals surface area contributed by atoms with Crippen molar-refractivity contribution < 1.29 is 17.5 Å². The Balaban J connectivity index is 2.66. The van der Waals surface area contributed by atoms with E-state index in [4.69, 9.17) is 4.55 Å². The summed E-state index contributed by atoms with van der Waals surface area (Å²) in [5.41, 5.74) is 5.52. The predicted octanol–water partition coefficient (Wildman–Crippen LogP) is 6.72. The quantitative estimate of drug-likeness (QED) is 0.136. The molecule has 0 spiro atoms. The Hall–Kier alpha value is -1.69. The summed E-state index contributed by atoms with van der Waals surface area (Å²) in [6.45, 7) is 11.4. The minimum absolute atomic E-state index is 0.160. The average molecular weight is 463 g/mol. The second-order valence-electron chi connectivity index (χ2n) is 9.62. The van der Waals surface area contributed by atoms with E-state index in [0.29, 0.717) is 6.42 Å². The Bertz CT molecular complexity index is 865. The molecule has 0 saturated heterocycles. The molecule has 180 valence electrons. The molecule has 0 aliphatic rings. The fourth-order valence-corrected chi connectivity index (χ4v) is 4.32. The first-order valence-electron chi connectivity index (χ1n) is 11.8. The van der Waals surface area contributed by atoms with E-state index >= 15 is 0 Å². The third kappa shape index (κ3) is 14.4. The Kier molecular flexibility index (Phi) is 12.8. The first-order chi connectivity index (χ1) is 15.0. The van der Waals surface area contributed by atoms with Gasteiger partial charge in [0.2, 0.25) is 0 Å². The van der Waals surface area contributed by atoms with Crippen LogP contribution in [0.25, 0.3) is 0 Å². The summed E-state index contributed by atoms with van der Waals surface area (Å²) >= 11 is 0. The molecule has 0 fully saturated rings. The summed E-state index contributed by atoms with van der Waals surface area (Å²) in [6.07, 6.45) is 12.6. The topological polar surface area (TPSA) is 54.4 Å². The Morgan fingerprint density at radius 2 is 1.50 bits per heavy atom. The fourth-order valence-electron chi connectivity index (χ4n) is 3.75. The van der Waals surface area contributed by atoms with Gasteiger partial charge in [0.15, 0.2) is 0 Å². The number of nitrogens with zero attached hydrogens (tertiary/aromatic N) is 1. The number of hydrogen-bond acceptors (Lipinski definition) is 2. The van der Waals surface area contributed by atoms with Crippen LogP contribution in [-0.2, 0) is 16.7 Å². The van der Waals surface area contributed by atoms with E-state index in [1.165, 1.54) is 22.3 Å². The predicted molar refractivity (Wildman–Crippen MR) is 137 cm³/mol. The number of unbranched alkanes of at least 4 members (excludes halogenated alkanes) is 1. The third-order valence-corrected chi connectivity index (χ3v) is 6.57. The van der Waals surface area contributed by atoms with Crippen LogP contribution in [0.15, 0.2) is 65.3 Å². The van der Waals surface area contributed by atoms with Gasteiger partial charge in [-0.25, -0.2) is 0 Å². The maximum absolute atomic E-state index is 11.0. The molecule has 0 aromatic heterocycles. The van der Waals surface area contributed by atoms with Crippen molar-refractivity contribution in [3.8, 4) is 0 Å². The molecule has 1 aromatic carbocycles. The van der Waals surface area contributed by atoms with Gasteiger partial charge in [-0.1, -0.05) is 59.2 Å². The second-order valence-corrected chi connectivity index (χ2v) is 11.2. The summed E-state index contributed by atoms with van der Waals surface area (Å²) in [4.78, 5) is 0. The van der Waals surface area contributed by atoms with Crippen LogP contribution in [0, 0.1) is 0 Å². The van der Waals surface area contributed by atoms with Crippen molar-refractivity contribution in [3.05, 3.63) is 70.8 Å². The second kappa shape index (κ2) is 14.5. The van der Waals surface area contributed by atoms with Gasteiger partial charge in [-0.3, -0.25) is 4.55 Å². The van der Waals surface area contributed by atoms with Crippen LogP contribution in [0.5, 0.6) is 0 Å². The zero-order valence-corrected chi connectivity index (χ0v) is 21.6. The largest absolute Gasteiger partial charge is 0.319 e. The molecule has 0 saturated carbocycles. The molecule has 0 aliphatic carbocycles.